The van der Waals surface area contributed by atoms with Crippen molar-refractivity contribution in [3.05, 3.63) is 29.3 Å². The third-order valence-corrected chi connectivity index (χ3v) is 2.54. The molecular weight excluding hydrogens is 206 g/mol. The first-order valence-electron chi connectivity index (χ1n) is 4.13. The van der Waals surface area contributed by atoms with Crippen LogP contribution in [-0.2, 0) is 4.79 Å². The fourth-order valence-electron chi connectivity index (χ4n) is 1.20. The number of alkyl halides is 2. The van der Waals surface area contributed by atoms with E-state index in [0.717, 1.165) is 0 Å². The van der Waals surface area contributed by atoms with Crippen molar-refractivity contribution in [1.82, 2.24) is 0 Å². The lowest BCUT2D eigenvalue weighted by Crippen LogP contribution is -1.99. The maximum absolute atomic E-state index is 12.4. The van der Waals surface area contributed by atoms with Crippen molar-refractivity contribution in [3.8, 4) is 0 Å². The van der Waals surface area contributed by atoms with Gasteiger partial charge in [-0.25, -0.2) is 8.78 Å². The van der Waals surface area contributed by atoms with E-state index in [9.17, 15) is 13.6 Å². The molecule has 14 heavy (non-hydrogen) atoms. The minimum Gasteiger partial charge on any atom is -0.303 e. The monoisotopic (exact) mass is 216 g/mol. The smallest absolute Gasteiger partial charge is 0.264 e. The van der Waals surface area contributed by atoms with E-state index in [1.807, 2.05) is 0 Å². The molecule has 0 radical (unpaired) electrons. The summed E-state index contributed by atoms with van der Waals surface area (Å²) in [5, 5.41) is 0. The lowest BCUT2D eigenvalue weighted by molar-refractivity contribution is -0.108. The molecule has 0 saturated carbocycles. The van der Waals surface area contributed by atoms with Gasteiger partial charge in [0.05, 0.1) is 0 Å². The first-order chi connectivity index (χ1) is 6.57. The van der Waals surface area contributed by atoms with Gasteiger partial charge in [-0.2, -0.15) is 0 Å². The number of thiol groups is 1. The van der Waals surface area contributed by atoms with E-state index in [4.69, 9.17) is 0 Å². The zero-order valence-electron chi connectivity index (χ0n) is 7.58. The first-order valence-corrected chi connectivity index (χ1v) is 4.58. The first kappa shape index (κ1) is 11.2. The van der Waals surface area contributed by atoms with Crippen molar-refractivity contribution < 1.29 is 13.6 Å². The van der Waals surface area contributed by atoms with Gasteiger partial charge in [0.2, 0.25) is 0 Å². The fourth-order valence-corrected chi connectivity index (χ4v) is 1.65. The van der Waals surface area contributed by atoms with Gasteiger partial charge in [0.15, 0.2) is 0 Å². The molecule has 0 aliphatic heterocycles. The highest BCUT2D eigenvalue weighted by molar-refractivity contribution is 7.80. The molecule has 0 bridgehead atoms. The predicted octanol–water partition coefficient (Wildman–Crippen LogP) is 3.22. The summed E-state index contributed by atoms with van der Waals surface area (Å²) in [6.07, 6.45) is -1.84. The SMILES string of the molecule is CC(C=O)c1cccc(C(F)F)c1S. The molecule has 0 amide bonds. The minimum atomic E-state index is -2.55. The minimum absolute atomic E-state index is 0.125. The predicted molar refractivity (Wildman–Crippen MR) is 53.1 cm³/mol. The highest BCUT2D eigenvalue weighted by Gasteiger charge is 2.16. The molecule has 1 nitrogen and oxygen atoms in total. The van der Waals surface area contributed by atoms with Crippen molar-refractivity contribution in [3.63, 3.8) is 0 Å². The Morgan fingerprint density at radius 2 is 1.93 bits per heavy atom. The highest BCUT2D eigenvalue weighted by Crippen LogP contribution is 2.31. The van der Waals surface area contributed by atoms with Crippen molar-refractivity contribution in [2.75, 3.05) is 0 Å². The quantitative estimate of drug-likeness (QED) is 0.606. The van der Waals surface area contributed by atoms with Gasteiger partial charge in [-0.1, -0.05) is 25.1 Å². The summed E-state index contributed by atoms with van der Waals surface area (Å²) in [7, 11) is 0. The van der Waals surface area contributed by atoms with Crippen molar-refractivity contribution in [1.29, 1.82) is 0 Å². The van der Waals surface area contributed by atoms with Crippen LogP contribution in [0.15, 0.2) is 23.1 Å². The van der Waals surface area contributed by atoms with Gasteiger partial charge in [-0.05, 0) is 5.56 Å². The zero-order chi connectivity index (χ0) is 10.7. The number of hydrogen-bond acceptors (Lipinski definition) is 2. The average Bonchev–Trinajstić information content (AvgIpc) is 2.16. The van der Waals surface area contributed by atoms with E-state index in [0.29, 0.717) is 11.8 Å². The molecule has 0 heterocycles. The second-order valence-electron chi connectivity index (χ2n) is 3.01. The molecule has 0 aromatic heterocycles. The molecule has 0 aliphatic carbocycles. The summed E-state index contributed by atoms with van der Waals surface area (Å²) in [5.74, 6) is -0.402. The molecule has 1 atom stereocenters. The normalized spacial score (nSPS) is 12.9. The van der Waals surface area contributed by atoms with Crippen LogP contribution in [0, 0.1) is 0 Å². The maximum atomic E-state index is 12.4. The van der Waals surface area contributed by atoms with E-state index in [-0.39, 0.29) is 10.5 Å². The zero-order valence-corrected chi connectivity index (χ0v) is 8.47. The van der Waals surface area contributed by atoms with Crippen LogP contribution < -0.4 is 0 Å². The molecule has 1 unspecified atom stereocenters. The van der Waals surface area contributed by atoms with E-state index in [2.05, 4.69) is 12.6 Å². The summed E-state index contributed by atoms with van der Waals surface area (Å²) in [6.45, 7) is 1.65. The highest BCUT2D eigenvalue weighted by atomic mass is 32.1. The van der Waals surface area contributed by atoms with Crippen molar-refractivity contribution in [2.24, 2.45) is 0 Å². The molecular formula is C10H10F2OS. The second-order valence-corrected chi connectivity index (χ2v) is 3.46. The Hall–Kier alpha value is -0.900. The van der Waals surface area contributed by atoms with Crippen LogP contribution in [0.5, 0.6) is 0 Å². The number of halogens is 2. The van der Waals surface area contributed by atoms with Crippen LogP contribution in [0.3, 0.4) is 0 Å². The lowest BCUT2D eigenvalue weighted by atomic mass is 10.0. The Morgan fingerprint density at radius 1 is 1.36 bits per heavy atom. The van der Waals surface area contributed by atoms with Gasteiger partial charge in [0, 0.05) is 16.4 Å². The van der Waals surface area contributed by atoms with Crippen LogP contribution in [0.2, 0.25) is 0 Å². The van der Waals surface area contributed by atoms with E-state index < -0.39 is 12.3 Å². The Bertz CT molecular complexity index is 339. The molecule has 0 spiro atoms. The van der Waals surface area contributed by atoms with Gasteiger partial charge in [-0.3, -0.25) is 0 Å². The second kappa shape index (κ2) is 4.55. The van der Waals surface area contributed by atoms with E-state index in [1.54, 1.807) is 13.0 Å². The molecule has 0 saturated heterocycles. The van der Waals surface area contributed by atoms with Crippen molar-refractivity contribution >= 4 is 18.9 Å². The van der Waals surface area contributed by atoms with Crippen molar-refractivity contribution in [2.45, 2.75) is 24.2 Å². The molecule has 4 heteroatoms. The number of hydrogen-bond donors (Lipinski definition) is 1. The third kappa shape index (κ3) is 2.12. The molecule has 0 N–H and O–H groups in total. The largest absolute Gasteiger partial charge is 0.303 e. The van der Waals surface area contributed by atoms with Gasteiger partial charge in [-0.15, -0.1) is 12.6 Å². The molecule has 76 valence electrons. The van der Waals surface area contributed by atoms with Crippen LogP contribution >= 0.6 is 12.6 Å². The van der Waals surface area contributed by atoms with E-state index in [1.165, 1.54) is 12.1 Å². The van der Waals surface area contributed by atoms with Gasteiger partial charge in [0.1, 0.15) is 6.29 Å². The Labute approximate surface area is 86.5 Å². The standard InChI is InChI=1S/C10H10F2OS/c1-6(5-13)7-3-2-4-8(9(7)14)10(11)12/h2-6,10,14H,1H3. The summed E-state index contributed by atoms with van der Waals surface area (Å²) in [4.78, 5) is 10.7. The number of aldehydes is 1. The summed E-state index contributed by atoms with van der Waals surface area (Å²) in [5.41, 5.74) is 0.417. The number of rotatable bonds is 3. The topological polar surface area (TPSA) is 17.1 Å². The maximum Gasteiger partial charge on any atom is 0.264 e. The number of carbonyl (C=O) groups is 1. The van der Waals surface area contributed by atoms with Crippen LogP contribution in [-0.4, -0.2) is 6.29 Å². The Balaban J connectivity index is 3.20. The van der Waals surface area contributed by atoms with Gasteiger partial charge in [0.25, 0.3) is 6.43 Å². The third-order valence-electron chi connectivity index (χ3n) is 2.03. The van der Waals surface area contributed by atoms with Crippen LogP contribution in [0.1, 0.15) is 30.4 Å². The number of benzene rings is 1. The molecule has 1 aromatic carbocycles. The molecule has 1 aromatic rings. The summed E-state index contributed by atoms with van der Waals surface area (Å²) < 4.78 is 24.9. The molecule has 1 rings (SSSR count). The molecule has 0 aliphatic rings. The van der Waals surface area contributed by atoms with Gasteiger partial charge < -0.3 is 4.79 Å². The molecule has 0 fully saturated rings. The summed E-state index contributed by atoms with van der Waals surface area (Å²) in [6, 6.07) is 4.46. The fraction of sp³-hybridized carbons (Fsp3) is 0.300. The van der Waals surface area contributed by atoms with Gasteiger partial charge >= 0.3 is 0 Å². The van der Waals surface area contributed by atoms with Crippen LogP contribution in [0.4, 0.5) is 8.78 Å². The lowest BCUT2D eigenvalue weighted by Gasteiger charge is -2.11. The summed E-state index contributed by atoms with van der Waals surface area (Å²) >= 11 is 4.01. The Kier molecular flexibility index (Phi) is 3.63. The van der Waals surface area contributed by atoms with Crippen LogP contribution in [0.25, 0.3) is 0 Å². The number of carbonyl (C=O) groups excluding carboxylic acids is 1. The van der Waals surface area contributed by atoms with E-state index >= 15 is 0 Å². The Morgan fingerprint density at radius 3 is 2.43 bits per heavy atom. The average molecular weight is 216 g/mol.